The van der Waals surface area contributed by atoms with Crippen LogP contribution < -0.4 is 10.2 Å². The number of thioether (sulfide) groups is 1. The van der Waals surface area contributed by atoms with Gasteiger partial charge in [0.2, 0.25) is 5.91 Å². The van der Waals surface area contributed by atoms with E-state index in [-0.39, 0.29) is 11.7 Å². The van der Waals surface area contributed by atoms with Crippen LogP contribution in [0, 0.1) is 0 Å². The second kappa shape index (κ2) is 10.8. The van der Waals surface area contributed by atoms with Crippen molar-refractivity contribution in [3.63, 3.8) is 0 Å². The summed E-state index contributed by atoms with van der Waals surface area (Å²) < 4.78 is 2.00. The van der Waals surface area contributed by atoms with Crippen molar-refractivity contribution < 1.29 is 4.79 Å². The number of benzene rings is 3. The second-order valence-corrected chi connectivity index (χ2v) is 9.46. The van der Waals surface area contributed by atoms with E-state index in [2.05, 4.69) is 44.5 Å². The monoisotopic (exact) mass is 484 g/mol. The quantitative estimate of drug-likeness (QED) is 0.392. The molecule has 178 valence electrons. The summed E-state index contributed by atoms with van der Waals surface area (Å²) >= 11 is 1.38. The third-order valence-corrected chi connectivity index (χ3v) is 6.96. The van der Waals surface area contributed by atoms with Gasteiger partial charge in [0.05, 0.1) is 5.75 Å². The molecule has 0 radical (unpaired) electrons. The van der Waals surface area contributed by atoms with Gasteiger partial charge >= 0.3 is 0 Å². The average Bonchev–Trinajstić information content (AvgIpc) is 3.33. The Balaban J connectivity index is 1.26. The van der Waals surface area contributed by atoms with Gasteiger partial charge in [-0.2, -0.15) is 0 Å². The maximum atomic E-state index is 12.7. The molecule has 0 aliphatic carbocycles. The van der Waals surface area contributed by atoms with Crippen molar-refractivity contribution >= 4 is 29.0 Å². The summed E-state index contributed by atoms with van der Waals surface area (Å²) in [5.41, 5.74) is 3.91. The summed E-state index contributed by atoms with van der Waals surface area (Å²) in [7, 11) is 2.15. The molecule has 2 heterocycles. The number of carbonyl (C=O) groups is 1. The zero-order valence-electron chi connectivity index (χ0n) is 19.7. The fourth-order valence-corrected chi connectivity index (χ4v) is 4.85. The Morgan fingerprint density at radius 1 is 0.829 bits per heavy atom. The summed E-state index contributed by atoms with van der Waals surface area (Å²) in [6.45, 7) is 4.17. The minimum absolute atomic E-state index is 0.0776. The highest BCUT2D eigenvalue weighted by atomic mass is 32.2. The Labute approximate surface area is 209 Å². The van der Waals surface area contributed by atoms with E-state index in [1.165, 1.54) is 17.4 Å². The Kier molecular flexibility index (Phi) is 7.11. The highest BCUT2D eigenvalue weighted by Gasteiger charge is 2.18. The highest BCUT2D eigenvalue weighted by Crippen LogP contribution is 2.28. The topological polar surface area (TPSA) is 66.3 Å². The van der Waals surface area contributed by atoms with Crippen LogP contribution in [0.3, 0.4) is 0 Å². The number of nitrogens with one attached hydrogen (secondary N) is 1. The molecular weight excluding hydrogens is 456 g/mol. The van der Waals surface area contributed by atoms with Gasteiger partial charge in [0.15, 0.2) is 11.0 Å². The predicted molar refractivity (Wildman–Crippen MR) is 142 cm³/mol. The third kappa shape index (κ3) is 5.55. The number of likely N-dealkylation sites (N-methyl/N-ethyl adjacent to an activating group) is 1. The van der Waals surface area contributed by atoms with Crippen LogP contribution in [-0.4, -0.2) is 64.6 Å². The standard InChI is InChI=1S/C27H28N6OS/c1-31-16-18-32(19-17-31)23-14-12-22(13-15-23)28-25(34)20-35-27-30-29-26(21-8-4-2-5-9-21)33(27)24-10-6-3-7-11-24/h2-15H,16-20H2,1H3,(H,28,34). The Hall–Kier alpha value is -3.62. The molecule has 0 saturated carbocycles. The van der Waals surface area contributed by atoms with E-state index in [0.717, 1.165) is 48.9 Å². The fourth-order valence-electron chi connectivity index (χ4n) is 4.09. The molecule has 1 aliphatic rings. The molecule has 35 heavy (non-hydrogen) atoms. The molecule has 4 aromatic rings. The lowest BCUT2D eigenvalue weighted by atomic mass is 10.2. The molecule has 0 atom stereocenters. The molecule has 1 N–H and O–H groups in total. The van der Waals surface area contributed by atoms with E-state index in [1.54, 1.807) is 0 Å². The molecule has 1 aromatic heterocycles. The number of hydrogen-bond acceptors (Lipinski definition) is 6. The third-order valence-electron chi connectivity index (χ3n) is 6.03. The van der Waals surface area contributed by atoms with Gasteiger partial charge < -0.3 is 15.1 Å². The number of hydrogen-bond donors (Lipinski definition) is 1. The predicted octanol–water partition coefficient (Wildman–Crippen LogP) is 4.42. The fraction of sp³-hybridized carbons (Fsp3) is 0.222. The van der Waals surface area contributed by atoms with E-state index in [4.69, 9.17) is 0 Å². The number of carbonyl (C=O) groups excluding carboxylic acids is 1. The Morgan fingerprint density at radius 3 is 2.17 bits per heavy atom. The SMILES string of the molecule is CN1CCN(c2ccc(NC(=O)CSc3nnc(-c4ccccc4)n3-c3ccccc3)cc2)CC1. The first-order valence-corrected chi connectivity index (χ1v) is 12.7. The van der Waals surface area contributed by atoms with E-state index < -0.39 is 0 Å². The molecule has 0 unspecified atom stereocenters. The van der Waals surface area contributed by atoms with E-state index >= 15 is 0 Å². The van der Waals surface area contributed by atoms with Gasteiger partial charge in [0.1, 0.15) is 0 Å². The average molecular weight is 485 g/mol. The van der Waals surface area contributed by atoms with Crippen LogP contribution >= 0.6 is 11.8 Å². The van der Waals surface area contributed by atoms with Gasteiger partial charge in [-0.05, 0) is 43.4 Å². The van der Waals surface area contributed by atoms with Gasteiger partial charge in [-0.3, -0.25) is 9.36 Å². The van der Waals surface area contributed by atoms with Crippen LogP contribution in [0.4, 0.5) is 11.4 Å². The van der Waals surface area contributed by atoms with Crippen molar-refractivity contribution in [2.45, 2.75) is 5.16 Å². The molecule has 3 aromatic carbocycles. The van der Waals surface area contributed by atoms with Crippen LogP contribution in [-0.2, 0) is 4.79 Å². The molecule has 0 spiro atoms. The first-order chi connectivity index (χ1) is 17.2. The molecule has 1 saturated heterocycles. The molecule has 1 fully saturated rings. The smallest absolute Gasteiger partial charge is 0.234 e. The zero-order valence-corrected chi connectivity index (χ0v) is 20.5. The van der Waals surface area contributed by atoms with E-state index in [0.29, 0.717) is 5.16 Å². The minimum atomic E-state index is -0.0776. The number of nitrogens with zero attached hydrogens (tertiary/aromatic N) is 5. The zero-order chi connectivity index (χ0) is 24.0. The maximum absolute atomic E-state index is 12.7. The molecule has 0 bridgehead atoms. The van der Waals surface area contributed by atoms with Gasteiger partial charge in [0.25, 0.3) is 0 Å². The highest BCUT2D eigenvalue weighted by molar-refractivity contribution is 7.99. The summed E-state index contributed by atoms with van der Waals surface area (Å²) in [6, 6.07) is 28.0. The van der Waals surface area contributed by atoms with Gasteiger partial charge in [-0.1, -0.05) is 60.3 Å². The number of amides is 1. The number of aromatic nitrogens is 3. The largest absolute Gasteiger partial charge is 0.369 e. The first-order valence-electron chi connectivity index (χ1n) is 11.7. The van der Waals surface area contributed by atoms with Crippen LogP contribution in [0.1, 0.15) is 0 Å². The second-order valence-electron chi connectivity index (χ2n) is 8.52. The number of piperazine rings is 1. The Bertz CT molecular complexity index is 1250. The molecule has 1 aliphatic heterocycles. The van der Waals surface area contributed by atoms with Gasteiger partial charge in [-0.25, -0.2) is 0 Å². The van der Waals surface area contributed by atoms with Gasteiger partial charge in [0, 0.05) is 48.8 Å². The van der Waals surface area contributed by atoms with Crippen molar-refractivity contribution in [2.24, 2.45) is 0 Å². The van der Waals surface area contributed by atoms with Crippen molar-refractivity contribution in [3.8, 4) is 17.1 Å². The maximum Gasteiger partial charge on any atom is 0.234 e. The van der Waals surface area contributed by atoms with Crippen molar-refractivity contribution in [1.82, 2.24) is 19.7 Å². The molecule has 8 heteroatoms. The van der Waals surface area contributed by atoms with E-state index in [1.807, 2.05) is 77.4 Å². The molecule has 1 amide bonds. The van der Waals surface area contributed by atoms with Crippen molar-refractivity contribution in [2.75, 3.05) is 49.2 Å². The summed E-state index contributed by atoms with van der Waals surface area (Å²) in [4.78, 5) is 17.4. The first kappa shape index (κ1) is 23.1. The van der Waals surface area contributed by atoms with Crippen molar-refractivity contribution in [3.05, 3.63) is 84.9 Å². The number of rotatable bonds is 7. The molecule has 5 rings (SSSR count). The summed E-state index contributed by atoms with van der Waals surface area (Å²) in [5.74, 6) is 0.908. The minimum Gasteiger partial charge on any atom is -0.369 e. The normalized spacial score (nSPS) is 14.1. The number of anilines is 2. The lowest BCUT2D eigenvalue weighted by Crippen LogP contribution is -2.44. The number of para-hydroxylation sites is 1. The summed E-state index contributed by atoms with van der Waals surface area (Å²) in [6.07, 6.45) is 0. The van der Waals surface area contributed by atoms with Crippen LogP contribution in [0.25, 0.3) is 17.1 Å². The molecular formula is C27H28N6OS. The van der Waals surface area contributed by atoms with Crippen LogP contribution in [0.5, 0.6) is 0 Å². The van der Waals surface area contributed by atoms with E-state index in [9.17, 15) is 4.79 Å². The van der Waals surface area contributed by atoms with Gasteiger partial charge in [-0.15, -0.1) is 10.2 Å². The lowest BCUT2D eigenvalue weighted by molar-refractivity contribution is -0.113. The van der Waals surface area contributed by atoms with Crippen molar-refractivity contribution in [1.29, 1.82) is 0 Å². The Morgan fingerprint density at radius 2 is 1.49 bits per heavy atom. The lowest BCUT2D eigenvalue weighted by Gasteiger charge is -2.34. The molecule has 7 nitrogen and oxygen atoms in total. The summed E-state index contributed by atoms with van der Waals surface area (Å²) in [5, 5.41) is 12.5. The van der Waals surface area contributed by atoms with Crippen LogP contribution in [0.2, 0.25) is 0 Å². The van der Waals surface area contributed by atoms with Crippen LogP contribution in [0.15, 0.2) is 90.1 Å².